The molecule has 2 aromatic carbocycles. The molecule has 3 aromatic heterocycles. The van der Waals surface area contributed by atoms with Gasteiger partial charge in [-0.05, 0) is 56.2 Å². The SMILES string of the molecule is Cc1cc2nc3s/c(=C\c4ccc(-c5ccc(C)c([N+](=O)[O-])c5)o4)c(=O)n3c2cc1C. The summed E-state index contributed by atoms with van der Waals surface area (Å²) < 4.78 is 8.00. The van der Waals surface area contributed by atoms with Crippen LogP contribution in [0.1, 0.15) is 22.5 Å². The minimum atomic E-state index is -0.409. The van der Waals surface area contributed by atoms with E-state index in [2.05, 4.69) is 4.98 Å². The predicted octanol–water partition coefficient (Wildman–Crippen LogP) is 4.55. The van der Waals surface area contributed by atoms with Crippen LogP contribution in [0.2, 0.25) is 0 Å². The van der Waals surface area contributed by atoms with E-state index in [0.29, 0.717) is 32.1 Å². The monoisotopic (exact) mass is 431 g/mol. The average Bonchev–Trinajstić information content (AvgIpc) is 3.39. The number of nitrogens with zero attached hydrogens (tertiary/aromatic N) is 3. The Balaban J connectivity index is 1.59. The van der Waals surface area contributed by atoms with Crippen molar-refractivity contribution >= 4 is 39.1 Å². The summed E-state index contributed by atoms with van der Waals surface area (Å²) in [5.74, 6) is 0.996. The third kappa shape index (κ3) is 3.12. The van der Waals surface area contributed by atoms with Gasteiger partial charge >= 0.3 is 0 Å². The third-order valence-electron chi connectivity index (χ3n) is 5.44. The van der Waals surface area contributed by atoms with Crippen LogP contribution in [0.5, 0.6) is 0 Å². The molecule has 0 amide bonds. The van der Waals surface area contributed by atoms with Gasteiger partial charge in [0, 0.05) is 23.3 Å². The van der Waals surface area contributed by atoms with Crippen molar-refractivity contribution in [2.75, 3.05) is 0 Å². The van der Waals surface area contributed by atoms with Crippen molar-refractivity contribution in [3.8, 4) is 11.3 Å². The first-order valence-electron chi connectivity index (χ1n) is 9.61. The van der Waals surface area contributed by atoms with Crippen LogP contribution in [0.3, 0.4) is 0 Å². The second-order valence-electron chi connectivity index (χ2n) is 7.53. The second-order valence-corrected chi connectivity index (χ2v) is 8.54. The average molecular weight is 431 g/mol. The van der Waals surface area contributed by atoms with Crippen molar-refractivity contribution in [3.05, 3.63) is 89.9 Å². The van der Waals surface area contributed by atoms with Crippen LogP contribution in [-0.2, 0) is 0 Å². The van der Waals surface area contributed by atoms with Crippen molar-refractivity contribution in [1.82, 2.24) is 9.38 Å². The Kier molecular flexibility index (Phi) is 4.26. The molecule has 0 N–H and O–H groups in total. The van der Waals surface area contributed by atoms with Gasteiger partial charge in [0.1, 0.15) is 16.1 Å². The molecule has 0 spiro atoms. The van der Waals surface area contributed by atoms with Gasteiger partial charge in [-0.25, -0.2) is 9.38 Å². The van der Waals surface area contributed by atoms with E-state index in [-0.39, 0.29) is 11.2 Å². The van der Waals surface area contributed by atoms with E-state index in [0.717, 1.165) is 22.2 Å². The van der Waals surface area contributed by atoms with Gasteiger partial charge in [0.15, 0.2) is 4.96 Å². The summed E-state index contributed by atoms with van der Waals surface area (Å²) in [5.41, 5.74) is 4.93. The van der Waals surface area contributed by atoms with E-state index in [1.165, 1.54) is 17.4 Å². The first kappa shape index (κ1) is 19.2. The largest absolute Gasteiger partial charge is 0.457 e. The Hall–Kier alpha value is -3.78. The molecule has 0 atom stereocenters. The summed E-state index contributed by atoms with van der Waals surface area (Å²) in [7, 11) is 0. The molecule has 154 valence electrons. The van der Waals surface area contributed by atoms with Gasteiger partial charge in [0.2, 0.25) is 0 Å². The summed E-state index contributed by atoms with van der Waals surface area (Å²) in [6.45, 7) is 5.73. The maximum atomic E-state index is 13.0. The molecule has 5 aromatic rings. The van der Waals surface area contributed by atoms with Gasteiger partial charge in [0.25, 0.3) is 11.2 Å². The lowest BCUT2D eigenvalue weighted by atomic mass is 10.1. The van der Waals surface area contributed by atoms with Crippen molar-refractivity contribution in [2.45, 2.75) is 20.8 Å². The quantitative estimate of drug-likeness (QED) is 0.309. The fourth-order valence-corrected chi connectivity index (χ4v) is 4.56. The second kappa shape index (κ2) is 6.88. The molecule has 8 heteroatoms. The number of aromatic nitrogens is 2. The summed E-state index contributed by atoms with van der Waals surface area (Å²) in [4.78, 5) is 29.1. The molecule has 0 aliphatic carbocycles. The van der Waals surface area contributed by atoms with Crippen LogP contribution in [0.15, 0.2) is 51.7 Å². The lowest BCUT2D eigenvalue weighted by Crippen LogP contribution is -2.22. The first-order chi connectivity index (χ1) is 14.8. The van der Waals surface area contributed by atoms with Gasteiger partial charge in [-0.2, -0.15) is 0 Å². The molecule has 0 aliphatic heterocycles. The highest BCUT2D eigenvalue weighted by Crippen LogP contribution is 2.28. The number of hydrogen-bond donors (Lipinski definition) is 0. The highest BCUT2D eigenvalue weighted by molar-refractivity contribution is 7.15. The molecule has 0 radical (unpaired) electrons. The molecule has 0 saturated carbocycles. The van der Waals surface area contributed by atoms with Crippen LogP contribution in [0, 0.1) is 30.9 Å². The Morgan fingerprint density at radius 2 is 1.84 bits per heavy atom. The summed E-state index contributed by atoms with van der Waals surface area (Å²) >= 11 is 1.30. The number of hydrogen-bond acceptors (Lipinski definition) is 6. The summed E-state index contributed by atoms with van der Waals surface area (Å²) in [6, 6.07) is 12.4. The van der Waals surface area contributed by atoms with E-state index in [4.69, 9.17) is 4.42 Å². The maximum Gasteiger partial charge on any atom is 0.275 e. The zero-order chi connectivity index (χ0) is 21.9. The smallest absolute Gasteiger partial charge is 0.275 e. The standard InChI is InChI=1S/C23H17N3O4S/c1-12-4-5-15(10-18(12)26(28)29)20-7-6-16(30-20)11-21-22(27)25-19-9-14(3)13(2)8-17(19)24-23(25)31-21/h4-11H,1-3H3/b21-11-. The molecule has 0 fully saturated rings. The Morgan fingerprint density at radius 3 is 2.61 bits per heavy atom. The Morgan fingerprint density at radius 1 is 1.06 bits per heavy atom. The summed E-state index contributed by atoms with van der Waals surface area (Å²) in [6.07, 6.45) is 1.68. The van der Waals surface area contributed by atoms with Crippen molar-refractivity contribution in [3.63, 3.8) is 0 Å². The number of imidazole rings is 1. The van der Waals surface area contributed by atoms with Crippen LogP contribution >= 0.6 is 11.3 Å². The molecular formula is C23H17N3O4S. The zero-order valence-corrected chi connectivity index (χ0v) is 17.8. The molecular weight excluding hydrogens is 414 g/mol. The lowest BCUT2D eigenvalue weighted by Gasteiger charge is -2.00. The maximum absolute atomic E-state index is 13.0. The molecule has 5 rings (SSSR count). The van der Waals surface area contributed by atoms with Crippen LogP contribution in [0.25, 0.3) is 33.4 Å². The third-order valence-corrected chi connectivity index (χ3v) is 6.41. The van der Waals surface area contributed by atoms with Gasteiger partial charge in [-0.3, -0.25) is 14.9 Å². The first-order valence-corrected chi connectivity index (χ1v) is 10.4. The van der Waals surface area contributed by atoms with Gasteiger partial charge in [-0.15, -0.1) is 0 Å². The number of furan rings is 1. The number of rotatable bonds is 3. The number of thiazole rings is 1. The zero-order valence-electron chi connectivity index (χ0n) is 17.0. The fourth-order valence-electron chi connectivity index (χ4n) is 3.59. The fraction of sp³-hybridized carbons (Fsp3) is 0.130. The number of nitro groups is 1. The van der Waals surface area contributed by atoms with Crippen LogP contribution < -0.4 is 10.1 Å². The van der Waals surface area contributed by atoms with E-state index in [1.807, 2.05) is 26.0 Å². The van der Waals surface area contributed by atoms with Crippen molar-refractivity contribution < 1.29 is 9.34 Å². The topological polar surface area (TPSA) is 90.7 Å². The van der Waals surface area contributed by atoms with Gasteiger partial charge < -0.3 is 4.42 Å². The molecule has 31 heavy (non-hydrogen) atoms. The lowest BCUT2D eigenvalue weighted by molar-refractivity contribution is -0.385. The molecule has 0 unspecified atom stereocenters. The van der Waals surface area contributed by atoms with E-state index in [1.54, 1.807) is 41.7 Å². The highest BCUT2D eigenvalue weighted by atomic mass is 32.1. The van der Waals surface area contributed by atoms with Crippen LogP contribution in [-0.4, -0.2) is 14.3 Å². The van der Waals surface area contributed by atoms with Crippen molar-refractivity contribution in [1.29, 1.82) is 0 Å². The Bertz CT molecular complexity index is 1620. The number of nitro benzene ring substituents is 1. The highest BCUT2D eigenvalue weighted by Gasteiger charge is 2.15. The normalized spacial score (nSPS) is 12.3. The van der Waals surface area contributed by atoms with E-state index in [9.17, 15) is 14.9 Å². The molecule has 0 saturated heterocycles. The minimum Gasteiger partial charge on any atom is -0.457 e. The number of aryl methyl sites for hydroxylation is 3. The van der Waals surface area contributed by atoms with Gasteiger partial charge in [-0.1, -0.05) is 23.5 Å². The molecule has 3 heterocycles. The number of fused-ring (bicyclic) bond motifs is 3. The van der Waals surface area contributed by atoms with E-state index >= 15 is 0 Å². The minimum absolute atomic E-state index is 0.0400. The van der Waals surface area contributed by atoms with Crippen LogP contribution in [0.4, 0.5) is 5.69 Å². The molecule has 7 nitrogen and oxygen atoms in total. The number of benzene rings is 2. The molecule has 0 bridgehead atoms. The van der Waals surface area contributed by atoms with Crippen molar-refractivity contribution in [2.24, 2.45) is 0 Å². The van der Waals surface area contributed by atoms with E-state index < -0.39 is 4.92 Å². The summed E-state index contributed by atoms with van der Waals surface area (Å²) in [5, 5.41) is 11.2. The Labute approximate surface area is 180 Å². The van der Waals surface area contributed by atoms with Gasteiger partial charge in [0.05, 0.1) is 16.0 Å². The predicted molar refractivity (Wildman–Crippen MR) is 121 cm³/mol. The molecule has 0 aliphatic rings.